The van der Waals surface area contributed by atoms with Crippen LogP contribution in [0, 0.1) is 17.0 Å². The highest BCUT2D eigenvalue weighted by atomic mass is 32.2. The zero-order valence-corrected chi connectivity index (χ0v) is 17.2. The van der Waals surface area contributed by atoms with Crippen LogP contribution in [0.2, 0.25) is 0 Å². The third-order valence-corrected chi connectivity index (χ3v) is 6.19. The van der Waals surface area contributed by atoms with Crippen molar-refractivity contribution in [1.82, 2.24) is 4.90 Å². The van der Waals surface area contributed by atoms with Crippen LogP contribution in [0.4, 0.5) is 5.69 Å². The maximum atomic E-state index is 13.2. The number of benzene rings is 3. The molecule has 0 radical (unpaired) electrons. The third kappa shape index (κ3) is 4.16. The summed E-state index contributed by atoms with van der Waals surface area (Å²) in [7, 11) is 0. The summed E-state index contributed by atoms with van der Waals surface area (Å²) in [5, 5.41) is 11.1. The van der Waals surface area contributed by atoms with Gasteiger partial charge in [-0.3, -0.25) is 14.9 Å². The van der Waals surface area contributed by atoms with E-state index in [1.807, 2.05) is 54.6 Å². The summed E-state index contributed by atoms with van der Waals surface area (Å²) < 4.78 is 5.93. The van der Waals surface area contributed by atoms with E-state index in [9.17, 15) is 14.9 Å². The minimum atomic E-state index is -0.452. The molecule has 4 rings (SSSR count). The average Bonchev–Trinajstić information content (AvgIpc) is 3.24. The van der Waals surface area contributed by atoms with Crippen molar-refractivity contribution in [3.63, 3.8) is 0 Å². The summed E-state index contributed by atoms with van der Waals surface area (Å²) in [6.07, 6.45) is 0. The molecule has 1 aliphatic heterocycles. The van der Waals surface area contributed by atoms with Gasteiger partial charge >= 0.3 is 0 Å². The van der Waals surface area contributed by atoms with E-state index in [4.69, 9.17) is 4.74 Å². The molecule has 1 aliphatic rings. The molecule has 1 atom stereocenters. The molecule has 3 aromatic carbocycles. The normalized spacial score (nSPS) is 15.8. The molecule has 0 saturated carbocycles. The number of aryl methyl sites for hydroxylation is 1. The average molecular weight is 420 g/mol. The fourth-order valence-electron chi connectivity index (χ4n) is 3.42. The lowest BCUT2D eigenvalue weighted by molar-refractivity contribution is -0.385. The topological polar surface area (TPSA) is 72.7 Å². The Kier molecular flexibility index (Phi) is 5.72. The summed E-state index contributed by atoms with van der Waals surface area (Å²) in [5.41, 5.74) is 1.79. The first-order valence-corrected chi connectivity index (χ1v) is 10.6. The second-order valence-corrected chi connectivity index (χ2v) is 8.16. The van der Waals surface area contributed by atoms with Gasteiger partial charge in [0, 0.05) is 29.5 Å². The summed E-state index contributed by atoms with van der Waals surface area (Å²) >= 11 is 1.67. The molecule has 3 aromatic rings. The van der Waals surface area contributed by atoms with Gasteiger partial charge in [-0.2, -0.15) is 0 Å². The van der Waals surface area contributed by atoms with Crippen molar-refractivity contribution in [3.8, 4) is 11.5 Å². The van der Waals surface area contributed by atoms with Crippen molar-refractivity contribution >= 4 is 23.4 Å². The van der Waals surface area contributed by atoms with E-state index in [0.29, 0.717) is 23.4 Å². The van der Waals surface area contributed by atoms with Crippen molar-refractivity contribution in [2.24, 2.45) is 0 Å². The number of rotatable bonds is 5. The Bertz CT molecular complexity index is 1090. The smallest absolute Gasteiger partial charge is 0.273 e. The highest BCUT2D eigenvalue weighted by molar-refractivity contribution is 7.99. The molecule has 0 aliphatic carbocycles. The monoisotopic (exact) mass is 420 g/mol. The van der Waals surface area contributed by atoms with Crippen LogP contribution in [0.5, 0.6) is 11.5 Å². The van der Waals surface area contributed by atoms with Crippen LogP contribution < -0.4 is 4.74 Å². The SMILES string of the molecule is Cc1ccc(C(=O)N2CCSC2c2cccc(Oc3ccccc3)c2)cc1[N+](=O)[O-]. The van der Waals surface area contributed by atoms with Gasteiger partial charge in [0.05, 0.1) is 4.92 Å². The quantitative estimate of drug-likeness (QED) is 0.398. The van der Waals surface area contributed by atoms with Crippen LogP contribution in [0.25, 0.3) is 0 Å². The number of carbonyl (C=O) groups excluding carboxylic acids is 1. The van der Waals surface area contributed by atoms with Crippen molar-refractivity contribution in [2.75, 3.05) is 12.3 Å². The van der Waals surface area contributed by atoms with E-state index < -0.39 is 4.92 Å². The molecule has 30 heavy (non-hydrogen) atoms. The lowest BCUT2D eigenvalue weighted by Gasteiger charge is -2.24. The second kappa shape index (κ2) is 8.59. The second-order valence-electron chi connectivity index (χ2n) is 6.97. The molecule has 1 heterocycles. The molecule has 6 nitrogen and oxygen atoms in total. The van der Waals surface area contributed by atoms with Crippen LogP contribution in [-0.2, 0) is 0 Å². The number of amides is 1. The standard InChI is InChI=1S/C23H20N2O4S/c1-16-10-11-17(15-21(16)25(27)28)22(26)24-12-13-30-23(24)18-6-5-9-20(14-18)29-19-7-3-2-4-8-19/h2-11,14-15,23H,12-13H2,1H3. The van der Waals surface area contributed by atoms with E-state index >= 15 is 0 Å². The van der Waals surface area contributed by atoms with Crippen molar-refractivity contribution in [2.45, 2.75) is 12.3 Å². The lowest BCUT2D eigenvalue weighted by atomic mass is 10.1. The molecular weight excluding hydrogens is 400 g/mol. The van der Waals surface area contributed by atoms with Crippen LogP contribution in [0.15, 0.2) is 72.8 Å². The van der Waals surface area contributed by atoms with Crippen LogP contribution in [0.1, 0.15) is 26.9 Å². The Morgan fingerprint density at radius 2 is 1.83 bits per heavy atom. The summed E-state index contributed by atoms with van der Waals surface area (Å²) in [5.74, 6) is 2.04. The van der Waals surface area contributed by atoms with Gasteiger partial charge in [0.25, 0.3) is 11.6 Å². The van der Waals surface area contributed by atoms with E-state index in [1.165, 1.54) is 6.07 Å². The van der Waals surface area contributed by atoms with E-state index in [1.54, 1.807) is 35.7 Å². The molecule has 0 bridgehead atoms. The van der Waals surface area contributed by atoms with Crippen molar-refractivity contribution in [3.05, 3.63) is 99.6 Å². The Morgan fingerprint density at radius 1 is 1.07 bits per heavy atom. The van der Waals surface area contributed by atoms with Gasteiger partial charge in [-0.25, -0.2) is 0 Å². The molecule has 1 fully saturated rings. The molecule has 0 aromatic heterocycles. The number of hydrogen-bond donors (Lipinski definition) is 0. The van der Waals surface area contributed by atoms with Gasteiger partial charge in [-0.1, -0.05) is 36.4 Å². The maximum Gasteiger partial charge on any atom is 0.273 e. The molecule has 1 amide bonds. The predicted octanol–water partition coefficient (Wildman–Crippen LogP) is 5.58. The first-order valence-electron chi connectivity index (χ1n) is 9.53. The fourth-order valence-corrected chi connectivity index (χ4v) is 4.66. The van der Waals surface area contributed by atoms with Crippen LogP contribution >= 0.6 is 11.8 Å². The molecule has 1 unspecified atom stereocenters. The van der Waals surface area contributed by atoms with Crippen LogP contribution in [-0.4, -0.2) is 28.0 Å². The minimum absolute atomic E-state index is 0.0393. The van der Waals surface area contributed by atoms with Gasteiger partial charge in [-0.15, -0.1) is 11.8 Å². The summed E-state index contributed by atoms with van der Waals surface area (Å²) in [4.78, 5) is 25.7. The minimum Gasteiger partial charge on any atom is -0.457 e. The molecular formula is C23H20N2O4S. The number of carbonyl (C=O) groups is 1. The Balaban J connectivity index is 1.58. The molecule has 152 valence electrons. The maximum absolute atomic E-state index is 13.2. The fraction of sp³-hybridized carbons (Fsp3) is 0.174. The highest BCUT2D eigenvalue weighted by Gasteiger charge is 2.32. The summed E-state index contributed by atoms with van der Waals surface area (Å²) in [6.45, 7) is 2.25. The van der Waals surface area contributed by atoms with E-state index in [2.05, 4.69) is 0 Å². The Labute approximate surface area is 178 Å². The van der Waals surface area contributed by atoms with Gasteiger partial charge in [-0.05, 0) is 42.8 Å². The number of para-hydroxylation sites is 1. The van der Waals surface area contributed by atoms with E-state index in [-0.39, 0.29) is 17.0 Å². The predicted molar refractivity (Wildman–Crippen MR) is 117 cm³/mol. The lowest BCUT2D eigenvalue weighted by Crippen LogP contribution is -2.30. The van der Waals surface area contributed by atoms with Gasteiger partial charge in [0.1, 0.15) is 16.9 Å². The largest absolute Gasteiger partial charge is 0.457 e. The number of nitro groups is 1. The Morgan fingerprint density at radius 3 is 2.60 bits per heavy atom. The number of ether oxygens (including phenoxy) is 1. The molecule has 0 spiro atoms. The molecule has 1 saturated heterocycles. The van der Waals surface area contributed by atoms with Crippen molar-refractivity contribution in [1.29, 1.82) is 0 Å². The molecule has 0 N–H and O–H groups in total. The van der Waals surface area contributed by atoms with Gasteiger partial charge in [0.15, 0.2) is 0 Å². The highest BCUT2D eigenvalue weighted by Crippen LogP contribution is 2.40. The first kappa shape index (κ1) is 20.0. The number of hydrogen-bond acceptors (Lipinski definition) is 5. The zero-order chi connectivity index (χ0) is 21.1. The first-order chi connectivity index (χ1) is 14.5. The van der Waals surface area contributed by atoms with Gasteiger partial charge < -0.3 is 9.64 Å². The van der Waals surface area contributed by atoms with E-state index in [0.717, 1.165) is 17.1 Å². The molecule has 7 heteroatoms. The third-order valence-electron chi connectivity index (χ3n) is 4.93. The van der Waals surface area contributed by atoms with Crippen LogP contribution in [0.3, 0.4) is 0 Å². The number of thioether (sulfide) groups is 1. The number of nitrogens with zero attached hydrogens (tertiary/aromatic N) is 2. The summed E-state index contributed by atoms with van der Waals surface area (Å²) in [6, 6.07) is 21.9. The Hall–Kier alpha value is -3.32. The number of nitro benzene ring substituents is 1. The van der Waals surface area contributed by atoms with Gasteiger partial charge in [0.2, 0.25) is 0 Å². The van der Waals surface area contributed by atoms with Crippen molar-refractivity contribution < 1.29 is 14.5 Å². The zero-order valence-electron chi connectivity index (χ0n) is 16.4.